The molecule has 11 heteroatoms. The van der Waals surface area contributed by atoms with Crippen LogP contribution in [-0.2, 0) is 28.9 Å². The number of carbonyl (C=O) groups excluding carboxylic acids is 2. The van der Waals surface area contributed by atoms with Crippen molar-refractivity contribution < 1.29 is 39.9 Å². The van der Waals surface area contributed by atoms with Gasteiger partial charge in [0, 0.05) is 12.3 Å². The number of aliphatic hydroxyl groups is 1. The van der Waals surface area contributed by atoms with Crippen molar-refractivity contribution in [3.8, 4) is 28.7 Å². The van der Waals surface area contributed by atoms with Crippen molar-refractivity contribution in [3.05, 3.63) is 130 Å². The molecule has 5 aromatic rings. The first-order chi connectivity index (χ1) is 25.6. The molecular weight excluding hydrogens is 674 g/mol. The minimum Gasteiger partial charge on any atom is -0.664 e. The van der Waals surface area contributed by atoms with Crippen molar-refractivity contribution in [1.82, 2.24) is 9.97 Å². The van der Waals surface area contributed by atoms with Gasteiger partial charge in [-0.25, -0.2) is 0 Å². The van der Waals surface area contributed by atoms with Crippen molar-refractivity contribution in [2.75, 3.05) is 13.7 Å². The van der Waals surface area contributed by atoms with Gasteiger partial charge in [0.25, 0.3) is 0 Å². The van der Waals surface area contributed by atoms with Crippen LogP contribution in [0, 0.1) is 5.92 Å². The number of aromatic amines is 1. The summed E-state index contributed by atoms with van der Waals surface area (Å²) < 4.78 is 5.19. The Kier molecular flexibility index (Phi) is 11.5. The molecule has 11 nitrogen and oxygen atoms in total. The van der Waals surface area contributed by atoms with Gasteiger partial charge in [-0.15, -0.1) is 5.69 Å². The van der Waals surface area contributed by atoms with E-state index in [1.165, 1.54) is 25.3 Å². The number of aliphatic hydroxyl groups excluding tert-OH is 1. The smallest absolute Gasteiger partial charge is 0.160 e. The molecule has 6 rings (SSSR count). The van der Waals surface area contributed by atoms with Gasteiger partial charge in [0.15, 0.2) is 23.0 Å². The third-order valence-corrected chi connectivity index (χ3v) is 9.81. The predicted octanol–water partition coefficient (Wildman–Crippen LogP) is 6.74. The highest BCUT2D eigenvalue weighted by molar-refractivity contribution is 6.02. The van der Waals surface area contributed by atoms with Crippen LogP contribution in [0.15, 0.2) is 90.8 Å². The van der Waals surface area contributed by atoms with E-state index in [0.29, 0.717) is 48.5 Å². The lowest BCUT2D eigenvalue weighted by Crippen LogP contribution is -2.32. The van der Waals surface area contributed by atoms with Crippen LogP contribution in [-0.4, -0.2) is 61.8 Å². The monoisotopic (exact) mass is 717 g/mol. The molecule has 0 radical (unpaired) electrons. The number of Topliss-reactive ketones (excluding diaryl/α,β-unsaturated/α-hetero) is 2. The highest BCUT2D eigenvalue weighted by atomic mass is 16.5. The molecule has 0 saturated heterocycles. The highest BCUT2D eigenvalue weighted by Gasteiger charge is 2.36. The normalized spacial score (nSPS) is 15.7. The van der Waals surface area contributed by atoms with E-state index >= 15 is 0 Å². The summed E-state index contributed by atoms with van der Waals surface area (Å²) >= 11 is 0. The van der Waals surface area contributed by atoms with Crippen LogP contribution in [0.25, 0.3) is 11.4 Å². The molecule has 2 aromatic heterocycles. The van der Waals surface area contributed by atoms with Crippen molar-refractivity contribution >= 4 is 23.5 Å². The van der Waals surface area contributed by atoms with Gasteiger partial charge < -0.3 is 45.6 Å². The standard InChI is InChI=1S/C42H43N3O8/c1-53-40-20-26(7-12-37(40)50)6-10-32(48)23-39(52)41-29(24-45-42-28(13-15-44-42)17-27-8-11-36(49)38(51)19-27)21-35-33(14-16-43-35)34(41)22-31(47)9-5-25-3-2-4-30(46)18-25/h2-4,7-8,11-16,18-21,31,34,41,44,46-47,49-51H,5-6,9-10,17,22-24H2,1H3/q-2. The topological polar surface area (TPSA) is 189 Å². The maximum atomic E-state index is 14.3. The molecular formula is C42H43N3O8-2. The van der Waals surface area contributed by atoms with E-state index in [4.69, 9.17) is 10.1 Å². The fourth-order valence-corrected chi connectivity index (χ4v) is 7.10. The summed E-state index contributed by atoms with van der Waals surface area (Å²) in [5, 5.41) is 55.8. The molecule has 2 heterocycles. The SMILES string of the molecule is COc1cc(CCC(=O)CC(=O)C2C(C[N-]c3[nH]ccc3Cc3ccc(O)c(O)c3)=Cc3[n-]ccc3C2CC(O)CCc2cccc(O)c2)ccc1O. The summed E-state index contributed by atoms with van der Waals surface area (Å²) in [6, 6.07) is 20.2. The number of H-pyrrole nitrogens is 1. The van der Waals surface area contributed by atoms with E-state index in [9.17, 15) is 35.1 Å². The van der Waals surface area contributed by atoms with Gasteiger partial charge in [-0.1, -0.05) is 65.6 Å². The van der Waals surface area contributed by atoms with Crippen molar-refractivity contribution in [1.29, 1.82) is 0 Å². The first-order valence-electron chi connectivity index (χ1n) is 17.6. The third-order valence-electron chi connectivity index (χ3n) is 9.81. The largest absolute Gasteiger partial charge is 0.664 e. The number of fused-ring (bicyclic) bond motifs is 1. The summed E-state index contributed by atoms with van der Waals surface area (Å²) in [6.07, 6.45) is 6.34. The summed E-state index contributed by atoms with van der Waals surface area (Å²) in [5.74, 6) is -1.04. The Morgan fingerprint density at radius 1 is 0.906 bits per heavy atom. The number of aromatic hydroxyl groups is 4. The summed E-state index contributed by atoms with van der Waals surface area (Å²) in [5.41, 5.74) is 5.52. The van der Waals surface area contributed by atoms with Gasteiger partial charge in [-0.3, -0.25) is 9.59 Å². The number of phenolic OH excluding ortho intramolecular Hbond substituents is 4. The number of ether oxygens (including phenoxy) is 1. The lowest BCUT2D eigenvalue weighted by atomic mass is 9.71. The minimum absolute atomic E-state index is 0.00224. The minimum atomic E-state index is -0.784. The van der Waals surface area contributed by atoms with E-state index in [0.717, 1.165) is 27.8 Å². The Balaban J connectivity index is 1.21. The number of rotatable bonds is 17. The van der Waals surface area contributed by atoms with E-state index in [2.05, 4.69) is 9.97 Å². The average Bonchev–Trinajstić information content (AvgIpc) is 3.80. The molecule has 1 aliphatic carbocycles. The molecule has 53 heavy (non-hydrogen) atoms. The number of ketones is 2. The van der Waals surface area contributed by atoms with Crippen molar-refractivity contribution in [3.63, 3.8) is 0 Å². The van der Waals surface area contributed by atoms with Crippen LogP contribution in [0.1, 0.15) is 65.1 Å². The van der Waals surface area contributed by atoms with Gasteiger partial charge in [0.2, 0.25) is 0 Å². The maximum absolute atomic E-state index is 14.3. The Hall–Kier alpha value is -5.94. The number of hydrogen-bond acceptors (Lipinski definition) is 8. The number of carbonyl (C=O) groups is 2. The van der Waals surface area contributed by atoms with Crippen LogP contribution < -0.4 is 9.72 Å². The number of nitrogens with zero attached hydrogens (tertiary/aromatic N) is 2. The zero-order valence-electron chi connectivity index (χ0n) is 29.4. The molecule has 0 bridgehead atoms. The Bertz CT molecular complexity index is 2100. The molecule has 0 amide bonds. The van der Waals surface area contributed by atoms with Crippen LogP contribution in [0.4, 0.5) is 5.82 Å². The summed E-state index contributed by atoms with van der Waals surface area (Å²) in [4.78, 5) is 35.4. The lowest BCUT2D eigenvalue weighted by molar-refractivity contribution is -0.129. The lowest BCUT2D eigenvalue weighted by Gasteiger charge is -2.37. The fraction of sp³-hybridized carbons (Fsp3) is 0.286. The quantitative estimate of drug-likeness (QED) is 0.0447. The van der Waals surface area contributed by atoms with Gasteiger partial charge in [0.1, 0.15) is 17.3 Å². The zero-order chi connectivity index (χ0) is 37.5. The Labute approximate surface area is 307 Å². The highest BCUT2D eigenvalue weighted by Crippen LogP contribution is 2.44. The molecule has 0 fully saturated rings. The van der Waals surface area contributed by atoms with Crippen molar-refractivity contribution in [2.45, 2.75) is 57.0 Å². The van der Waals surface area contributed by atoms with Crippen LogP contribution >= 0.6 is 0 Å². The number of nitrogens with one attached hydrogen (secondary N) is 1. The van der Waals surface area contributed by atoms with Gasteiger partial charge in [0.05, 0.1) is 19.6 Å². The molecule has 3 atom stereocenters. The van der Waals surface area contributed by atoms with Gasteiger partial charge >= 0.3 is 0 Å². The number of hydrogen-bond donors (Lipinski definition) is 6. The van der Waals surface area contributed by atoms with E-state index in [-0.39, 0.29) is 60.4 Å². The number of aromatic nitrogens is 2. The van der Waals surface area contributed by atoms with Crippen molar-refractivity contribution in [2.24, 2.45) is 5.92 Å². The molecule has 0 spiro atoms. The first kappa shape index (κ1) is 36.8. The molecule has 6 N–H and O–H groups in total. The average molecular weight is 718 g/mol. The van der Waals surface area contributed by atoms with E-state index < -0.39 is 17.9 Å². The summed E-state index contributed by atoms with van der Waals surface area (Å²) in [7, 11) is 1.45. The maximum Gasteiger partial charge on any atom is 0.160 e. The molecule has 1 aliphatic rings. The predicted molar refractivity (Wildman–Crippen MR) is 200 cm³/mol. The van der Waals surface area contributed by atoms with Gasteiger partial charge in [-0.2, -0.15) is 6.20 Å². The Morgan fingerprint density at radius 2 is 1.70 bits per heavy atom. The third kappa shape index (κ3) is 9.11. The zero-order valence-corrected chi connectivity index (χ0v) is 29.4. The van der Waals surface area contributed by atoms with Crippen LogP contribution in [0.3, 0.4) is 0 Å². The second-order valence-corrected chi connectivity index (χ2v) is 13.5. The van der Waals surface area contributed by atoms with Gasteiger partial charge in [-0.05, 0) is 103 Å². The Morgan fingerprint density at radius 3 is 2.49 bits per heavy atom. The van der Waals surface area contributed by atoms with E-state index in [1.54, 1.807) is 48.8 Å². The number of aryl methyl sites for hydroxylation is 2. The number of benzene rings is 3. The number of phenols is 4. The fourth-order valence-electron chi connectivity index (χ4n) is 7.10. The molecule has 276 valence electrons. The first-order valence-corrected chi connectivity index (χ1v) is 17.6. The molecule has 3 aromatic carbocycles. The molecule has 0 aliphatic heterocycles. The summed E-state index contributed by atoms with van der Waals surface area (Å²) in [6.45, 7) is 0.133. The second kappa shape index (κ2) is 16.6. The van der Waals surface area contributed by atoms with Crippen LogP contribution in [0.5, 0.6) is 28.7 Å². The molecule has 0 saturated carbocycles. The molecule has 3 unspecified atom stereocenters. The second-order valence-electron chi connectivity index (χ2n) is 13.5. The number of methoxy groups -OCH3 is 1. The van der Waals surface area contributed by atoms with Crippen LogP contribution in [0.2, 0.25) is 0 Å². The van der Waals surface area contributed by atoms with E-state index in [1.807, 2.05) is 24.3 Å².